The van der Waals surface area contributed by atoms with E-state index in [0.717, 1.165) is 28.1 Å². The predicted molar refractivity (Wildman–Crippen MR) is 120 cm³/mol. The largest absolute Gasteiger partial charge is 0.461 e. The van der Waals surface area contributed by atoms with Gasteiger partial charge in [-0.1, -0.05) is 30.3 Å². The molecule has 3 rings (SSSR count). The second-order valence-corrected chi connectivity index (χ2v) is 7.53. The summed E-state index contributed by atoms with van der Waals surface area (Å²) in [6.45, 7) is 9.92. The lowest BCUT2D eigenvalue weighted by Crippen LogP contribution is -2.37. The molecule has 0 aliphatic rings. The SMILES string of the molecule is CCOC(=O)c1[nH]c(C)c(-c2cccc(C(=O)N(c3ccccc3)C(C)C)c2)c1C. The van der Waals surface area contributed by atoms with Gasteiger partial charge in [0.25, 0.3) is 5.91 Å². The van der Waals surface area contributed by atoms with Crippen LogP contribution in [0.25, 0.3) is 11.1 Å². The van der Waals surface area contributed by atoms with Gasteiger partial charge in [-0.05, 0) is 70.0 Å². The number of amides is 1. The van der Waals surface area contributed by atoms with E-state index in [4.69, 9.17) is 4.74 Å². The maximum atomic E-state index is 13.4. The first-order chi connectivity index (χ1) is 14.3. The van der Waals surface area contributed by atoms with Crippen molar-refractivity contribution >= 4 is 17.6 Å². The number of esters is 1. The van der Waals surface area contributed by atoms with Crippen LogP contribution in [0, 0.1) is 13.8 Å². The number of ether oxygens (including phenoxy) is 1. The minimum absolute atomic E-state index is 0.00898. The molecule has 0 radical (unpaired) electrons. The Morgan fingerprint density at radius 2 is 1.73 bits per heavy atom. The molecule has 0 aliphatic heterocycles. The molecule has 0 atom stereocenters. The van der Waals surface area contributed by atoms with E-state index >= 15 is 0 Å². The monoisotopic (exact) mass is 404 g/mol. The summed E-state index contributed by atoms with van der Waals surface area (Å²) in [7, 11) is 0. The fraction of sp³-hybridized carbons (Fsp3) is 0.280. The maximum absolute atomic E-state index is 13.4. The van der Waals surface area contributed by atoms with Crippen molar-refractivity contribution < 1.29 is 14.3 Å². The second-order valence-electron chi connectivity index (χ2n) is 7.53. The Balaban J connectivity index is 2.01. The Bertz CT molecular complexity index is 1050. The third kappa shape index (κ3) is 4.15. The van der Waals surface area contributed by atoms with Gasteiger partial charge in [-0.25, -0.2) is 4.79 Å². The fourth-order valence-electron chi connectivity index (χ4n) is 3.78. The third-order valence-corrected chi connectivity index (χ3v) is 5.08. The zero-order chi connectivity index (χ0) is 21.8. The summed E-state index contributed by atoms with van der Waals surface area (Å²) < 4.78 is 5.15. The van der Waals surface area contributed by atoms with Gasteiger partial charge in [0, 0.05) is 28.6 Å². The Kier molecular flexibility index (Phi) is 6.40. The van der Waals surface area contributed by atoms with Gasteiger partial charge in [-0.2, -0.15) is 0 Å². The molecular weight excluding hydrogens is 376 g/mol. The van der Waals surface area contributed by atoms with E-state index in [2.05, 4.69) is 4.98 Å². The number of nitrogens with one attached hydrogen (secondary N) is 1. The topological polar surface area (TPSA) is 62.4 Å². The number of anilines is 1. The summed E-state index contributed by atoms with van der Waals surface area (Å²) in [5, 5.41) is 0. The number of rotatable bonds is 6. The lowest BCUT2D eigenvalue weighted by atomic mass is 9.98. The van der Waals surface area contributed by atoms with Gasteiger partial charge >= 0.3 is 5.97 Å². The molecule has 0 spiro atoms. The summed E-state index contributed by atoms with van der Waals surface area (Å²) in [4.78, 5) is 30.6. The number of nitrogens with zero attached hydrogens (tertiary/aromatic N) is 1. The molecular formula is C25H28N2O3. The molecule has 30 heavy (non-hydrogen) atoms. The average molecular weight is 405 g/mol. The molecule has 1 amide bonds. The molecule has 0 bridgehead atoms. The van der Waals surface area contributed by atoms with E-state index < -0.39 is 0 Å². The predicted octanol–water partition coefficient (Wildman–Crippen LogP) is 5.53. The lowest BCUT2D eigenvalue weighted by molar-refractivity contribution is 0.0519. The Morgan fingerprint density at radius 3 is 2.37 bits per heavy atom. The highest BCUT2D eigenvalue weighted by Gasteiger charge is 2.23. The van der Waals surface area contributed by atoms with Gasteiger partial charge in [0.2, 0.25) is 0 Å². The van der Waals surface area contributed by atoms with Crippen molar-refractivity contribution in [2.45, 2.75) is 40.7 Å². The van der Waals surface area contributed by atoms with Crippen molar-refractivity contribution in [3.63, 3.8) is 0 Å². The number of benzene rings is 2. The lowest BCUT2D eigenvalue weighted by Gasteiger charge is -2.27. The van der Waals surface area contributed by atoms with Crippen LogP contribution < -0.4 is 4.90 Å². The molecule has 3 aromatic rings. The number of hydrogen-bond donors (Lipinski definition) is 1. The smallest absolute Gasteiger partial charge is 0.355 e. The first-order valence-electron chi connectivity index (χ1n) is 10.2. The Morgan fingerprint density at radius 1 is 1.03 bits per heavy atom. The average Bonchev–Trinajstić information content (AvgIpc) is 3.03. The molecule has 1 aromatic heterocycles. The maximum Gasteiger partial charge on any atom is 0.355 e. The van der Waals surface area contributed by atoms with Crippen molar-refractivity contribution in [2.75, 3.05) is 11.5 Å². The first-order valence-corrected chi connectivity index (χ1v) is 10.2. The third-order valence-electron chi connectivity index (χ3n) is 5.08. The molecule has 0 unspecified atom stereocenters. The van der Waals surface area contributed by atoms with E-state index in [1.54, 1.807) is 11.8 Å². The van der Waals surface area contributed by atoms with Crippen molar-refractivity contribution in [3.05, 3.63) is 77.1 Å². The highest BCUT2D eigenvalue weighted by atomic mass is 16.5. The number of aromatic amines is 1. The number of para-hydroxylation sites is 1. The van der Waals surface area contributed by atoms with Crippen molar-refractivity contribution in [3.8, 4) is 11.1 Å². The number of H-pyrrole nitrogens is 1. The number of carbonyl (C=O) groups is 2. The quantitative estimate of drug-likeness (QED) is 0.550. The van der Waals surface area contributed by atoms with Crippen molar-refractivity contribution in [1.29, 1.82) is 0 Å². The second kappa shape index (κ2) is 8.99. The van der Waals surface area contributed by atoms with Crippen LogP contribution in [0.5, 0.6) is 0 Å². The van der Waals surface area contributed by atoms with Crippen LogP contribution in [0.2, 0.25) is 0 Å². The highest BCUT2D eigenvalue weighted by Crippen LogP contribution is 2.31. The summed E-state index contributed by atoms with van der Waals surface area (Å²) in [6.07, 6.45) is 0. The van der Waals surface area contributed by atoms with E-state index in [0.29, 0.717) is 17.9 Å². The van der Waals surface area contributed by atoms with E-state index in [9.17, 15) is 9.59 Å². The van der Waals surface area contributed by atoms with E-state index in [-0.39, 0.29) is 17.9 Å². The van der Waals surface area contributed by atoms with Crippen LogP contribution in [-0.2, 0) is 4.74 Å². The normalized spacial score (nSPS) is 10.9. The molecule has 2 aromatic carbocycles. The van der Waals surface area contributed by atoms with E-state index in [1.165, 1.54) is 0 Å². The zero-order valence-corrected chi connectivity index (χ0v) is 18.2. The van der Waals surface area contributed by atoms with Gasteiger partial charge in [0.05, 0.1) is 6.61 Å². The van der Waals surface area contributed by atoms with Crippen LogP contribution in [0.3, 0.4) is 0 Å². The van der Waals surface area contributed by atoms with Crippen LogP contribution >= 0.6 is 0 Å². The molecule has 0 saturated carbocycles. The van der Waals surface area contributed by atoms with Crippen molar-refractivity contribution in [2.24, 2.45) is 0 Å². The fourth-order valence-corrected chi connectivity index (χ4v) is 3.78. The molecule has 5 nitrogen and oxygen atoms in total. The van der Waals surface area contributed by atoms with Gasteiger partial charge in [0.1, 0.15) is 5.69 Å². The van der Waals surface area contributed by atoms with Crippen LogP contribution in [0.4, 0.5) is 5.69 Å². The number of carbonyl (C=O) groups excluding carboxylic acids is 2. The number of hydrogen-bond acceptors (Lipinski definition) is 3. The highest BCUT2D eigenvalue weighted by molar-refractivity contribution is 6.07. The molecule has 5 heteroatoms. The Hall–Kier alpha value is -3.34. The summed E-state index contributed by atoms with van der Waals surface area (Å²) in [5.41, 5.74) is 5.41. The van der Waals surface area contributed by atoms with Crippen LogP contribution in [0.1, 0.15) is 52.9 Å². The number of aromatic nitrogens is 1. The van der Waals surface area contributed by atoms with Crippen molar-refractivity contribution in [1.82, 2.24) is 4.98 Å². The Labute approximate surface area is 177 Å². The van der Waals surface area contributed by atoms with Crippen LogP contribution in [-0.4, -0.2) is 29.5 Å². The molecule has 0 aliphatic carbocycles. The van der Waals surface area contributed by atoms with Gasteiger partial charge in [-0.15, -0.1) is 0 Å². The minimum atomic E-state index is -0.369. The molecule has 156 valence electrons. The summed E-state index contributed by atoms with van der Waals surface area (Å²) >= 11 is 0. The van der Waals surface area contributed by atoms with Gasteiger partial charge in [-0.3, -0.25) is 4.79 Å². The molecule has 0 fully saturated rings. The molecule has 0 saturated heterocycles. The summed E-state index contributed by atoms with van der Waals surface area (Å²) in [5.74, 6) is -0.429. The van der Waals surface area contributed by atoms with E-state index in [1.807, 2.05) is 82.3 Å². The first kappa shape index (κ1) is 21.4. The van der Waals surface area contributed by atoms with Crippen LogP contribution in [0.15, 0.2) is 54.6 Å². The molecule has 1 N–H and O–H groups in total. The minimum Gasteiger partial charge on any atom is -0.461 e. The zero-order valence-electron chi connectivity index (χ0n) is 18.2. The summed E-state index contributed by atoms with van der Waals surface area (Å²) in [6, 6.07) is 17.2. The van der Waals surface area contributed by atoms with Gasteiger partial charge in [0.15, 0.2) is 0 Å². The standard InChI is InChI=1S/C25H28N2O3/c1-6-30-25(29)23-17(4)22(18(5)26-23)19-11-10-12-20(15-19)24(28)27(16(2)3)21-13-8-7-9-14-21/h7-16,26H,6H2,1-5H3. The van der Waals surface area contributed by atoms with Gasteiger partial charge < -0.3 is 14.6 Å². The molecule has 1 heterocycles. The number of aryl methyl sites for hydroxylation is 1.